The van der Waals surface area contributed by atoms with Gasteiger partial charge in [-0.15, -0.1) is 12.4 Å². The lowest BCUT2D eigenvalue weighted by Crippen LogP contribution is -2.15. The Hall–Kier alpha value is -0.940. The van der Waals surface area contributed by atoms with Gasteiger partial charge in [0.2, 0.25) is 0 Å². The molecule has 1 aliphatic rings. The predicted octanol–water partition coefficient (Wildman–Crippen LogP) is 3.39. The minimum absolute atomic E-state index is 0. The molecule has 0 bridgehead atoms. The third-order valence-corrected chi connectivity index (χ3v) is 2.88. The van der Waals surface area contributed by atoms with E-state index in [1.165, 1.54) is 0 Å². The zero-order valence-electron chi connectivity index (χ0n) is 9.67. The minimum Gasteiger partial charge on any atom is -0.493 e. The summed E-state index contributed by atoms with van der Waals surface area (Å²) in [4.78, 5) is 0. The highest BCUT2D eigenvalue weighted by molar-refractivity contribution is 5.85. The molecule has 2 N–H and O–H groups in total. The average molecular weight is 282 g/mol. The molecule has 1 heterocycles. The maximum absolute atomic E-state index is 12.1. The molecule has 1 aromatic carbocycles. The number of hydrogen-bond donors (Lipinski definition) is 1. The summed E-state index contributed by atoms with van der Waals surface area (Å²) in [5, 5.41) is 0. The molecule has 18 heavy (non-hydrogen) atoms. The summed E-state index contributed by atoms with van der Waals surface area (Å²) < 4.78 is 41.6. The molecular formula is C12H15ClF3NO. The maximum atomic E-state index is 12.1. The first-order valence-electron chi connectivity index (χ1n) is 5.54. The predicted molar refractivity (Wildman–Crippen MR) is 65.1 cm³/mol. The highest BCUT2D eigenvalue weighted by atomic mass is 35.5. The van der Waals surface area contributed by atoms with Gasteiger partial charge in [-0.2, -0.15) is 13.2 Å². The Morgan fingerprint density at radius 3 is 2.72 bits per heavy atom. The van der Waals surface area contributed by atoms with Gasteiger partial charge in [-0.25, -0.2) is 0 Å². The average Bonchev–Trinajstić information content (AvgIpc) is 2.71. The van der Waals surface area contributed by atoms with E-state index >= 15 is 0 Å². The van der Waals surface area contributed by atoms with Crippen LogP contribution < -0.4 is 10.5 Å². The van der Waals surface area contributed by atoms with Gasteiger partial charge in [0.25, 0.3) is 0 Å². The summed E-state index contributed by atoms with van der Waals surface area (Å²) >= 11 is 0. The highest BCUT2D eigenvalue weighted by Gasteiger charge is 2.28. The fourth-order valence-electron chi connectivity index (χ4n) is 1.92. The SMILES string of the molecule is Cl.N[C@H](CCC(F)(F)F)c1ccc2c(c1)CCO2. The molecule has 0 amide bonds. The number of nitrogens with two attached hydrogens (primary N) is 1. The second-order valence-electron chi connectivity index (χ2n) is 4.23. The summed E-state index contributed by atoms with van der Waals surface area (Å²) in [6.45, 7) is 0.635. The normalized spacial score (nSPS) is 15.6. The van der Waals surface area contributed by atoms with E-state index in [-0.39, 0.29) is 18.8 Å². The zero-order valence-corrected chi connectivity index (χ0v) is 10.5. The largest absolute Gasteiger partial charge is 0.493 e. The van der Waals surface area contributed by atoms with Crippen molar-refractivity contribution in [2.24, 2.45) is 5.73 Å². The molecule has 1 aromatic rings. The monoisotopic (exact) mass is 281 g/mol. The van der Waals surface area contributed by atoms with E-state index in [4.69, 9.17) is 10.5 Å². The molecule has 1 aliphatic heterocycles. The van der Waals surface area contributed by atoms with Gasteiger partial charge in [-0.05, 0) is 23.6 Å². The third kappa shape index (κ3) is 3.78. The van der Waals surface area contributed by atoms with Gasteiger partial charge < -0.3 is 10.5 Å². The molecule has 2 nitrogen and oxygen atoms in total. The van der Waals surface area contributed by atoms with E-state index in [1.54, 1.807) is 12.1 Å². The number of hydrogen-bond acceptors (Lipinski definition) is 2. The van der Waals surface area contributed by atoms with E-state index in [2.05, 4.69) is 0 Å². The van der Waals surface area contributed by atoms with Crippen LogP contribution in [0, 0.1) is 0 Å². The van der Waals surface area contributed by atoms with Gasteiger partial charge in [-0.1, -0.05) is 12.1 Å². The first kappa shape index (κ1) is 15.1. The molecule has 0 aromatic heterocycles. The number of fused-ring (bicyclic) bond motifs is 1. The van der Waals surface area contributed by atoms with Gasteiger partial charge in [0, 0.05) is 18.9 Å². The van der Waals surface area contributed by atoms with Crippen molar-refractivity contribution in [3.8, 4) is 5.75 Å². The van der Waals surface area contributed by atoms with Crippen LogP contribution in [0.1, 0.15) is 30.0 Å². The molecule has 0 saturated carbocycles. The fraction of sp³-hybridized carbons (Fsp3) is 0.500. The molecule has 102 valence electrons. The van der Waals surface area contributed by atoms with Crippen molar-refractivity contribution in [3.05, 3.63) is 29.3 Å². The van der Waals surface area contributed by atoms with Gasteiger partial charge in [0.1, 0.15) is 5.75 Å². The molecule has 6 heteroatoms. The molecule has 0 aliphatic carbocycles. The summed E-state index contributed by atoms with van der Waals surface area (Å²) in [5.41, 5.74) is 7.54. The fourth-order valence-corrected chi connectivity index (χ4v) is 1.92. The van der Waals surface area contributed by atoms with Crippen LogP contribution in [0.25, 0.3) is 0 Å². The Morgan fingerprint density at radius 2 is 2.06 bits per heavy atom. The number of rotatable bonds is 3. The van der Waals surface area contributed by atoms with Crippen LogP contribution in [0.15, 0.2) is 18.2 Å². The minimum atomic E-state index is -4.14. The van der Waals surface area contributed by atoms with Gasteiger partial charge >= 0.3 is 6.18 Å². The summed E-state index contributed by atoms with van der Waals surface area (Å²) in [5.74, 6) is 0.816. The molecule has 0 unspecified atom stereocenters. The summed E-state index contributed by atoms with van der Waals surface area (Å²) in [7, 11) is 0. The Kier molecular flexibility index (Phi) is 4.87. The topological polar surface area (TPSA) is 35.2 Å². The summed E-state index contributed by atoms with van der Waals surface area (Å²) in [6, 6.07) is 4.81. The van der Waals surface area contributed by atoms with E-state index in [1.807, 2.05) is 6.07 Å². The zero-order chi connectivity index (χ0) is 12.5. The van der Waals surface area contributed by atoms with E-state index in [9.17, 15) is 13.2 Å². The Labute approximate surface area is 110 Å². The van der Waals surface area contributed by atoms with E-state index in [0.717, 1.165) is 23.3 Å². The van der Waals surface area contributed by atoms with Gasteiger partial charge in [-0.3, -0.25) is 0 Å². The van der Waals surface area contributed by atoms with Crippen molar-refractivity contribution in [1.29, 1.82) is 0 Å². The molecule has 0 spiro atoms. The molecule has 0 radical (unpaired) electrons. The van der Waals surface area contributed by atoms with Crippen LogP contribution in [0.3, 0.4) is 0 Å². The standard InChI is InChI=1S/C12H14F3NO.ClH/c13-12(14,15)5-3-10(16)8-1-2-11-9(7-8)4-6-17-11;/h1-2,7,10H,3-6,16H2;1H/t10-;/m1./s1. The molecular weight excluding hydrogens is 267 g/mol. The van der Waals surface area contributed by atoms with Crippen molar-refractivity contribution in [2.45, 2.75) is 31.5 Å². The van der Waals surface area contributed by atoms with Crippen molar-refractivity contribution >= 4 is 12.4 Å². The Balaban J connectivity index is 0.00000162. The van der Waals surface area contributed by atoms with Crippen molar-refractivity contribution < 1.29 is 17.9 Å². The Morgan fingerprint density at radius 1 is 1.33 bits per heavy atom. The quantitative estimate of drug-likeness (QED) is 0.922. The van der Waals surface area contributed by atoms with Crippen LogP contribution in [0.2, 0.25) is 0 Å². The lowest BCUT2D eigenvalue weighted by Gasteiger charge is -2.14. The maximum Gasteiger partial charge on any atom is 0.389 e. The van der Waals surface area contributed by atoms with Crippen LogP contribution in [-0.2, 0) is 6.42 Å². The molecule has 2 rings (SSSR count). The molecule has 0 saturated heterocycles. The second kappa shape index (κ2) is 5.80. The highest BCUT2D eigenvalue weighted by Crippen LogP contribution is 2.30. The van der Waals surface area contributed by atoms with Crippen LogP contribution in [0.4, 0.5) is 13.2 Å². The first-order chi connectivity index (χ1) is 7.96. The van der Waals surface area contributed by atoms with Gasteiger partial charge in [0.15, 0.2) is 0 Å². The number of ether oxygens (including phenoxy) is 1. The lowest BCUT2D eigenvalue weighted by atomic mass is 9.99. The molecule has 0 fully saturated rings. The van der Waals surface area contributed by atoms with Crippen molar-refractivity contribution in [3.63, 3.8) is 0 Å². The number of benzene rings is 1. The van der Waals surface area contributed by atoms with Crippen molar-refractivity contribution in [1.82, 2.24) is 0 Å². The van der Waals surface area contributed by atoms with E-state index < -0.39 is 18.6 Å². The van der Waals surface area contributed by atoms with E-state index in [0.29, 0.717) is 6.61 Å². The molecule has 1 atom stereocenters. The van der Waals surface area contributed by atoms with Crippen LogP contribution >= 0.6 is 12.4 Å². The smallest absolute Gasteiger partial charge is 0.389 e. The number of alkyl halides is 3. The first-order valence-corrected chi connectivity index (χ1v) is 5.54. The van der Waals surface area contributed by atoms with Crippen LogP contribution in [0.5, 0.6) is 5.75 Å². The lowest BCUT2D eigenvalue weighted by molar-refractivity contribution is -0.136. The Bertz CT molecular complexity index is 409. The van der Waals surface area contributed by atoms with Gasteiger partial charge in [0.05, 0.1) is 6.61 Å². The second-order valence-corrected chi connectivity index (χ2v) is 4.23. The third-order valence-electron chi connectivity index (χ3n) is 2.88. The van der Waals surface area contributed by atoms with Crippen LogP contribution in [-0.4, -0.2) is 12.8 Å². The summed E-state index contributed by atoms with van der Waals surface area (Å²) in [6.07, 6.45) is -4.27. The number of halogens is 4. The van der Waals surface area contributed by atoms with Crippen molar-refractivity contribution in [2.75, 3.05) is 6.61 Å².